The summed E-state index contributed by atoms with van der Waals surface area (Å²) in [5.74, 6) is 0.890. The molecular formula is C17H28N4O3. The first kappa shape index (κ1) is 17.2. The minimum Gasteiger partial charge on any atom is -0.370 e. The summed E-state index contributed by atoms with van der Waals surface area (Å²) in [5, 5.41) is 4.05. The molecule has 0 aliphatic carbocycles. The lowest BCUT2D eigenvalue weighted by molar-refractivity contribution is -0.133. The molecule has 3 rings (SSSR count). The van der Waals surface area contributed by atoms with Crippen molar-refractivity contribution in [3.8, 4) is 0 Å². The van der Waals surface area contributed by atoms with Gasteiger partial charge in [0.05, 0.1) is 24.4 Å². The van der Waals surface area contributed by atoms with Crippen molar-refractivity contribution in [2.24, 2.45) is 0 Å². The van der Waals surface area contributed by atoms with Crippen LogP contribution in [-0.4, -0.2) is 78.4 Å². The van der Waals surface area contributed by atoms with E-state index in [1.54, 1.807) is 19.0 Å². The number of ether oxygens (including phenoxy) is 1. The van der Waals surface area contributed by atoms with Crippen molar-refractivity contribution in [1.82, 2.24) is 19.9 Å². The lowest BCUT2D eigenvalue weighted by Gasteiger charge is -2.48. The van der Waals surface area contributed by atoms with Crippen LogP contribution < -0.4 is 0 Å². The van der Waals surface area contributed by atoms with E-state index in [1.807, 2.05) is 18.7 Å². The van der Waals surface area contributed by atoms with E-state index < -0.39 is 0 Å². The van der Waals surface area contributed by atoms with Gasteiger partial charge in [0.15, 0.2) is 0 Å². The lowest BCUT2D eigenvalue weighted by atomic mass is 9.90. The highest BCUT2D eigenvalue weighted by molar-refractivity contribution is 5.74. The van der Waals surface area contributed by atoms with E-state index in [0.717, 1.165) is 43.9 Å². The number of hydrogen-bond acceptors (Lipinski definition) is 5. The van der Waals surface area contributed by atoms with Crippen molar-refractivity contribution in [3.63, 3.8) is 0 Å². The van der Waals surface area contributed by atoms with E-state index in [4.69, 9.17) is 9.26 Å². The predicted molar refractivity (Wildman–Crippen MR) is 89.8 cm³/mol. The van der Waals surface area contributed by atoms with Gasteiger partial charge in [0.25, 0.3) is 0 Å². The van der Waals surface area contributed by atoms with Crippen LogP contribution in [-0.2, 0) is 11.3 Å². The molecule has 3 heterocycles. The number of carbonyl (C=O) groups excluding carboxylic acids is 1. The molecule has 0 radical (unpaired) electrons. The number of aromatic nitrogens is 1. The summed E-state index contributed by atoms with van der Waals surface area (Å²) in [4.78, 5) is 18.3. The Labute approximate surface area is 143 Å². The van der Waals surface area contributed by atoms with Gasteiger partial charge in [-0.2, -0.15) is 0 Å². The number of rotatable bonds is 2. The van der Waals surface area contributed by atoms with Gasteiger partial charge >= 0.3 is 6.03 Å². The summed E-state index contributed by atoms with van der Waals surface area (Å²) >= 11 is 0. The molecule has 2 aliphatic rings. The van der Waals surface area contributed by atoms with E-state index in [1.165, 1.54) is 5.56 Å². The number of urea groups is 1. The first-order chi connectivity index (χ1) is 11.4. The molecule has 7 nitrogen and oxygen atoms in total. The highest BCUT2D eigenvalue weighted by Gasteiger charge is 2.42. The zero-order chi connectivity index (χ0) is 17.3. The number of aryl methyl sites for hydroxylation is 2. The second-order valence-electron chi connectivity index (χ2n) is 7.25. The average molecular weight is 336 g/mol. The van der Waals surface area contributed by atoms with Crippen LogP contribution in [0.4, 0.5) is 4.79 Å². The van der Waals surface area contributed by atoms with E-state index >= 15 is 0 Å². The molecule has 2 saturated heterocycles. The van der Waals surface area contributed by atoms with Crippen LogP contribution in [0.2, 0.25) is 0 Å². The molecule has 24 heavy (non-hydrogen) atoms. The van der Waals surface area contributed by atoms with Crippen LogP contribution in [0.5, 0.6) is 0 Å². The molecule has 1 spiro atoms. The second-order valence-corrected chi connectivity index (χ2v) is 7.25. The van der Waals surface area contributed by atoms with Crippen LogP contribution in [0.1, 0.15) is 29.9 Å². The number of amides is 2. The number of likely N-dealkylation sites (tertiary alicyclic amines) is 1. The molecule has 2 aliphatic heterocycles. The Morgan fingerprint density at radius 3 is 2.75 bits per heavy atom. The number of piperidine rings is 1. The topological polar surface area (TPSA) is 62.1 Å². The van der Waals surface area contributed by atoms with Crippen LogP contribution in [0.25, 0.3) is 0 Å². The number of nitrogens with zero attached hydrogens (tertiary/aromatic N) is 4. The maximum atomic E-state index is 12.3. The Morgan fingerprint density at radius 1 is 1.29 bits per heavy atom. The van der Waals surface area contributed by atoms with Crippen LogP contribution in [0.15, 0.2) is 4.52 Å². The minimum absolute atomic E-state index is 0.0699. The van der Waals surface area contributed by atoms with Crippen LogP contribution in [0, 0.1) is 13.8 Å². The quantitative estimate of drug-likeness (QED) is 0.822. The molecule has 0 N–H and O–H groups in total. The zero-order valence-electron chi connectivity index (χ0n) is 15.2. The average Bonchev–Trinajstić information content (AvgIpc) is 2.86. The maximum Gasteiger partial charge on any atom is 0.319 e. The SMILES string of the molecule is Cc1noc(C)c1CN1CCC[C@@]2(C1)CN(C(=O)N(C)C)CCO2. The Hall–Kier alpha value is -1.60. The normalized spacial score (nSPS) is 25.2. The molecule has 134 valence electrons. The third kappa shape index (κ3) is 3.42. The molecule has 0 aromatic carbocycles. The van der Waals surface area contributed by atoms with Gasteiger partial charge in [-0.3, -0.25) is 4.90 Å². The van der Waals surface area contributed by atoms with Crippen LogP contribution >= 0.6 is 0 Å². The number of carbonyl (C=O) groups is 1. The molecule has 2 amide bonds. The molecule has 7 heteroatoms. The Morgan fingerprint density at radius 2 is 2.08 bits per heavy atom. The molecule has 1 aromatic heterocycles. The fourth-order valence-electron chi connectivity index (χ4n) is 3.81. The Balaban J connectivity index is 1.69. The summed E-state index contributed by atoms with van der Waals surface area (Å²) in [7, 11) is 3.60. The fourth-order valence-corrected chi connectivity index (χ4v) is 3.81. The number of hydrogen-bond donors (Lipinski definition) is 0. The largest absolute Gasteiger partial charge is 0.370 e. The summed E-state index contributed by atoms with van der Waals surface area (Å²) in [6.07, 6.45) is 2.08. The standard InChI is InChI=1S/C17H28N4O3/c1-13-15(14(2)24-18-13)10-20-7-5-6-17(11-20)12-21(8-9-23-17)16(22)19(3)4/h5-12H2,1-4H3/t17-/m1/s1. The molecule has 1 atom stereocenters. The van der Waals surface area contributed by atoms with E-state index in [-0.39, 0.29) is 11.6 Å². The minimum atomic E-state index is -0.249. The van der Waals surface area contributed by atoms with Gasteiger partial charge in [-0.1, -0.05) is 5.16 Å². The van der Waals surface area contributed by atoms with Crippen molar-refractivity contribution < 1.29 is 14.1 Å². The Bertz CT molecular complexity index is 577. The molecule has 0 unspecified atom stereocenters. The first-order valence-electron chi connectivity index (χ1n) is 8.64. The summed E-state index contributed by atoms with van der Waals surface area (Å²) in [5.41, 5.74) is 1.88. The molecule has 1 aromatic rings. The van der Waals surface area contributed by atoms with Crippen molar-refractivity contribution >= 4 is 6.03 Å². The van der Waals surface area contributed by atoms with Crippen molar-refractivity contribution in [2.75, 3.05) is 46.9 Å². The van der Waals surface area contributed by atoms with Gasteiger partial charge in [-0.25, -0.2) is 4.79 Å². The van der Waals surface area contributed by atoms with Crippen molar-refractivity contribution in [2.45, 2.75) is 38.8 Å². The van der Waals surface area contributed by atoms with Gasteiger partial charge in [0.1, 0.15) is 5.76 Å². The van der Waals surface area contributed by atoms with Gasteiger partial charge in [-0.05, 0) is 33.2 Å². The predicted octanol–water partition coefficient (Wildman–Crippen LogP) is 1.64. The van der Waals surface area contributed by atoms with Crippen LogP contribution in [0.3, 0.4) is 0 Å². The third-order valence-electron chi connectivity index (χ3n) is 5.08. The highest BCUT2D eigenvalue weighted by atomic mass is 16.5. The highest BCUT2D eigenvalue weighted by Crippen LogP contribution is 2.30. The summed E-state index contributed by atoms with van der Waals surface area (Å²) < 4.78 is 11.5. The van der Waals surface area contributed by atoms with Gasteiger partial charge in [0, 0.05) is 39.3 Å². The fraction of sp³-hybridized carbons (Fsp3) is 0.765. The summed E-state index contributed by atoms with van der Waals surface area (Å²) in [6, 6.07) is 0.0699. The molecular weight excluding hydrogens is 308 g/mol. The second kappa shape index (κ2) is 6.72. The molecule has 0 bridgehead atoms. The monoisotopic (exact) mass is 336 g/mol. The number of morpholine rings is 1. The molecule has 0 saturated carbocycles. The van der Waals surface area contributed by atoms with Gasteiger partial charge < -0.3 is 19.1 Å². The van der Waals surface area contributed by atoms with E-state index in [9.17, 15) is 4.79 Å². The molecule has 2 fully saturated rings. The van der Waals surface area contributed by atoms with Gasteiger partial charge in [-0.15, -0.1) is 0 Å². The van der Waals surface area contributed by atoms with E-state index in [2.05, 4.69) is 10.1 Å². The third-order valence-corrected chi connectivity index (χ3v) is 5.08. The van der Waals surface area contributed by atoms with E-state index in [0.29, 0.717) is 19.7 Å². The Kier molecular flexibility index (Phi) is 4.83. The zero-order valence-corrected chi connectivity index (χ0v) is 15.2. The van der Waals surface area contributed by atoms with Gasteiger partial charge in [0.2, 0.25) is 0 Å². The summed E-state index contributed by atoms with van der Waals surface area (Å²) in [6.45, 7) is 8.60. The van der Waals surface area contributed by atoms with Crippen molar-refractivity contribution in [1.29, 1.82) is 0 Å². The lowest BCUT2D eigenvalue weighted by Crippen LogP contribution is -2.61. The van der Waals surface area contributed by atoms with Crippen molar-refractivity contribution in [3.05, 3.63) is 17.0 Å². The first-order valence-corrected chi connectivity index (χ1v) is 8.64. The maximum absolute atomic E-state index is 12.3. The smallest absolute Gasteiger partial charge is 0.319 e.